The van der Waals surface area contributed by atoms with E-state index in [0.29, 0.717) is 106 Å². The number of rotatable bonds is 15. The molecular formula is C57H56N14O6. The molecule has 390 valence electrons. The number of nitrogens with one attached hydrogen (secondary N) is 2. The molecule has 2 aliphatic heterocycles. The predicted molar refractivity (Wildman–Crippen MR) is 290 cm³/mol. The van der Waals surface area contributed by atoms with Crippen LogP contribution in [-0.2, 0) is 14.3 Å². The molecule has 3 unspecified atom stereocenters. The lowest BCUT2D eigenvalue weighted by Gasteiger charge is -2.22. The van der Waals surface area contributed by atoms with Crippen LogP contribution in [0.1, 0.15) is 96.0 Å². The number of ether oxygens (including phenoxy) is 2. The second kappa shape index (κ2) is 22.2. The van der Waals surface area contributed by atoms with E-state index >= 15 is 0 Å². The second-order valence-corrected chi connectivity index (χ2v) is 19.0. The van der Waals surface area contributed by atoms with E-state index in [4.69, 9.17) is 30.9 Å². The molecule has 6 aromatic heterocycles. The summed E-state index contributed by atoms with van der Waals surface area (Å²) in [6, 6.07) is 20.4. The lowest BCUT2D eigenvalue weighted by atomic mass is 10.1. The van der Waals surface area contributed by atoms with Crippen LogP contribution < -0.4 is 26.8 Å². The summed E-state index contributed by atoms with van der Waals surface area (Å²) in [4.78, 5) is 85.1. The molecule has 8 aromatic rings. The number of fused-ring (bicyclic) bond motifs is 2. The van der Waals surface area contributed by atoms with Crippen molar-refractivity contribution in [3.63, 3.8) is 0 Å². The van der Waals surface area contributed by atoms with Crippen LogP contribution >= 0.6 is 0 Å². The van der Waals surface area contributed by atoms with Gasteiger partial charge in [-0.1, -0.05) is 50.1 Å². The second-order valence-electron chi connectivity index (χ2n) is 19.0. The number of carbonyl (C=O) groups excluding carboxylic acids is 4. The summed E-state index contributed by atoms with van der Waals surface area (Å²) in [7, 11) is 1.49. The van der Waals surface area contributed by atoms with Crippen LogP contribution in [0.15, 0.2) is 122 Å². The molecule has 0 spiro atoms. The average molecular weight is 1030 g/mol. The number of hydrogen-bond acceptors (Lipinski definition) is 14. The molecule has 6 N–H and O–H groups in total. The molecule has 77 heavy (non-hydrogen) atoms. The van der Waals surface area contributed by atoms with Gasteiger partial charge >= 0.3 is 0 Å². The van der Waals surface area contributed by atoms with E-state index in [2.05, 4.69) is 56.3 Å². The molecule has 0 saturated carbocycles. The third kappa shape index (κ3) is 10.5. The summed E-state index contributed by atoms with van der Waals surface area (Å²) in [5.74, 6) is 7.31. The van der Waals surface area contributed by atoms with Crippen LogP contribution in [0.4, 0.5) is 23.3 Å². The van der Waals surface area contributed by atoms with Gasteiger partial charge in [0, 0.05) is 79.0 Å². The van der Waals surface area contributed by atoms with Crippen molar-refractivity contribution in [2.24, 2.45) is 5.92 Å². The number of nitrogens with two attached hydrogens (primary N) is 2. The van der Waals surface area contributed by atoms with E-state index in [-0.39, 0.29) is 59.7 Å². The Bertz CT molecular complexity index is 3640. The molecule has 2 aliphatic rings. The fraction of sp³-hybridized carbons (Fsp3) is 0.263. The normalized spacial score (nSPS) is 16.3. The van der Waals surface area contributed by atoms with Gasteiger partial charge in [0.25, 0.3) is 17.7 Å². The van der Waals surface area contributed by atoms with Crippen molar-refractivity contribution in [2.45, 2.75) is 58.0 Å². The van der Waals surface area contributed by atoms with Crippen molar-refractivity contribution in [3.05, 3.63) is 150 Å². The van der Waals surface area contributed by atoms with Gasteiger partial charge in [0.15, 0.2) is 0 Å². The third-order valence-corrected chi connectivity index (χ3v) is 13.8. The van der Waals surface area contributed by atoms with Gasteiger partial charge in [-0.05, 0) is 92.1 Å². The molecule has 0 bridgehead atoms. The predicted octanol–water partition coefficient (Wildman–Crippen LogP) is 7.55. The summed E-state index contributed by atoms with van der Waals surface area (Å²) < 4.78 is 15.6. The summed E-state index contributed by atoms with van der Waals surface area (Å²) in [5, 5.41) is 5.68. The molecule has 2 saturated heterocycles. The zero-order valence-electron chi connectivity index (χ0n) is 42.9. The van der Waals surface area contributed by atoms with Crippen LogP contribution in [0.5, 0.6) is 5.75 Å². The van der Waals surface area contributed by atoms with Gasteiger partial charge < -0.3 is 41.4 Å². The van der Waals surface area contributed by atoms with E-state index in [0.717, 1.165) is 12.0 Å². The number of hydrogen-bond donors (Lipinski definition) is 4. The number of nitrogen functional groups attached to an aromatic ring is 2. The summed E-state index contributed by atoms with van der Waals surface area (Å²) in [5.41, 5.74) is 18.4. The molecule has 0 aliphatic carbocycles. The lowest BCUT2D eigenvalue weighted by Crippen LogP contribution is -2.31. The highest BCUT2D eigenvalue weighted by Crippen LogP contribution is 2.40. The molecule has 20 nitrogen and oxygen atoms in total. The number of benzene rings is 2. The largest absolute Gasteiger partial charge is 0.496 e. The van der Waals surface area contributed by atoms with E-state index in [1.807, 2.05) is 33.1 Å². The maximum Gasteiger partial charge on any atom is 0.299 e. The Kier molecular flexibility index (Phi) is 14.7. The Morgan fingerprint density at radius 2 is 1.47 bits per heavy atom. The SMILES string of the molecule is CC#CC(=O)N1CC(COCC=CC(=O)N2CCCC2c2nc(-c3ccc(C(=O)Nc4ccccn4)c(OC)c3)c3c(N)nccn23)CC1c1nc(-c2ccc(C(=O)Nc3cc(C(C)C)ccn3)cc2)c2c(N)nccn12. The monoisotopic (exact) mass is 1030 g/mol. The number of nitrogens with zero attached hydrogens (tertiary/aromatic N) is 10. The van der Waals surface area contributed by atoms with Gasteiger partial charge in [0.05, 0.1) is 38.0 Å². The van der Waals surface area contributed by atoms with Crippen molar-refractivity contribution in [1.29, 1.82) is 0 Å². The first-order valence-corrected chi connectivity index (χ1v) is 25.2. The molecule has 20 heteroatoms. The number of aromatic nitrogens is 8. The zero-order valence-corrected chi connectivity index (χ0v) is 42.9. The number of anilines is 4. The number of imidazole rings is 2. The standard InChI is InChI=1S/C57H56N14O6/c1-5-10-46(72)71-32-35(29-42(71)55-66-48(50-52(58)62-24-27-70(50)55)36-14-16-37(17-15-36)56(74)65-45-31-38(34(2)3)20-22-61-45)33-77-28-9-13-47(73)68-25-8-11-41(68)54-67-49(51-53(59)63-23-26-69(51)54)39-18-19-40(43(30-39)76-4)57(75)64-44-12-6-7-21-60-44/h6-7,9,12-24,26-27,30-31,34-35,41-42H,8,11,25,28-29,32-33H2,1-4H3,(H2,58,62)(H2,59,63)(H,60,64,75)(H,61,65,74). The molecule has 2 aromatic carbocycles. The fourth-order valence-electron chi connectivity index (χ4n) is 10.1. The van der Waals surface area contributed by atoms with Crippen LogP contribution in [0.3, 0.4) is 0 Å². The highest BCUT2D eigenvalue weighted by molar-refractivity contribution is 6.06. The summed E-state index contributed by atoms with van der Waals surface area (Å²) >= 11 is 0. The molecule has 3 atom stereocenters. The Balaban J connectivity index is 0.815. The van der Waals surface area contributed by atoms with E-state index in [1.54, 1.807) is 109 Å². The van der Waals surface area contributed by atoms with Crippen LogP contribution in [0.25, 0.3) is 33.5 Å². The zero-order chi connectivity index (χ0) is 53.7. The Labute approximate surface area is 443 Å². The van der Waals surface area contributed by atoms with Gasteiger partial charge in [-0.15, -0.1) is 0 Å². The maximum atomic E-state index is 14.0. The van der Waals surface area contributed by atoms with Gasteiger partial charge in [-0.3, -0.25) is 28.0 Å². The van der Waals surface area contributed by atoms with E-state index in [1.165, 1.54) is 13.2 Å². The Morgan fingerprint density at radius 3 is 2.16 bits per heavy atom. The van der Waals surface area contributed by atoms with Gasteiger partial charge in [-0.25, -0.2) is 29.9 Å². The molecule has 4 amide bonds. The minimum absolute atomic E-state index is 0.0945. The van der Waals surface area contributed by atoms with E-state index in [9.17, 15) is 19.2 Å². The molecule has 10 rings (SSSR count). The van der Waals surface area contributed by atoms with Crippen molar-refractivity contribution in [3.8, 4) is 40.1 Å². The first kappa shape index (κ1) is 51.0. The highest BCUT2D eigenvalue weighted by Gasteiger charge is 2.39. The Hall–Kier alpha value is -9.48. The molecule has 2 fully saturated rings. The third-order valence-electron chi connectivity index (χ3n) is 13.8. The van der Waals surface area contributed by atoms with Gasteiger partial charge in [0.2, 0.25) is 5.91 Å². The maximum absolute atomic E-state index is 14.0. The Morgan fingerprint density at radius 1 is 0.779 bits per heavy atom. The number of pyridine rings is 2. The summed E-state index contributed by atoms with van der Waals surface area (Å²) in [6.45, 7) is 7.10. The van der Waals surface area contributed by atoms with Crippen LogP contribution in [0.2, 0.25) is 0 Å². The number of methoxy groups -OCH3 is 1. The quantitative estimate of drug-likeness (QED) is 0.0440. The lowest BCUT2D eigenvalue weighted by molar-refractivity contribution is -0.127. The number of likely N-dealkylation sites (tertiary alicyclic amines) is 2. The highest BCUT2D eigenvalue weighted by atomic mass is 16.5. The fourth-order valence-corrected chi connectivity index (χ4v) is 10.1. The number of amides is 4. The first-order valence-electron chi connectivity index (χ1n) is 25.2. The van der Waals surface area contributed by atoms with Crippen LogP contribution in [0, 0.1) is 17.8 Å². The average Bonchev–Trinajstić information content (AvgIpc) is 4.44. The minimum Gasteiger partial charge on any atom is -0.496 e. The first-order chi connectivity index (χ1) is 37.4. The van der Waals surface area contributed by atoms with Gasteiger partial charge in [0.1, 0.15) is 63.1 Å². The van der Waals surface area contributed by atoms with Crippen molar-refractivity contribution >= 4 is 57.9 Å². The van der Waals surface area contributed by atoms with Crippen molar-refractivity contribution < 1.29 is 28.7 Å². The van der Waals surface area contributed by atoms with Crippen LogP contribution in [-0.4, -0.2) is 106 Å². The topological polar surface area (TPSA) is 255 Å². The number of carbonyl (C=O) groups is 4. The van der Waals surface area contributed by atoms with Crippen molar-refractivity contribution in [2.75, 3.05) is 55.5 Å². The van der Waals surface area contributed by atoms with Gasteiger partial charge in [-0.2, -0.15) is 0 Å². The summed E-state index contributed by atoms with van der Waals surface area (Å²) in [6.07, 6.45) is 15.2. The molecular weight excluding hydrogens is 977 g/mol. The minimum atomic E-state index is -0.487. The smallest absolute Gasteiger partial charge is 0.299 e. The van der Waals surface area contributed by atoms with Crippen molar-refractivity contribution in [1.82, 2.24) is 48.5 Å². The molecule has 0 radical (unpaired) electrons. The molecule has 8 heterocycles. The van der Waals surface area contributed by atoms with E-state index < -0.39 is 6.04 Å².